The van der Waals surface area contributed by atoms with Crippen LogP contribution in [-0.4, -0.2) is 51.6 Å². The lowest BCUT2D eigenvalue weighted by Gasteiger charge is -2.34. The normalized spacial score (nSPS) is 17.9. The van der Waals surface area contributed by atoms with Gasteiger partial charge in [-0.1, -0.05) is 6.07 Å². The number of nitrogens with zero attached hydrogens (tertiary/aromatic N) is 5. The van der Waals surface area contributed by atoms with Crippen molar-refractivity contribution in [2.45, 2.75) is 38.9 Å². The van der Waals surface area contributed by atoms with E-state index in [1.165, 1.54) is 0 Å². The number of anilines is 1. The van der Waals surface area contributed by atoms with Crippen LogP contribution in [0.3, 0.4) is 0 Å². The first kappa shape index (κ1) is 16.9. The second-order valence-corrected chi connectivity index (χ2v) is 6.86. The molecule has 2 aromatic rings. The minimum absolute atomic E-state index is 0.0495. The highest BCUT2D eigenvalue weighted by Crippen LogP contribution is 2.31. The van der Waals surface area contributed by atoms with Crippen LogP contribution >= 0.6 is 0 Å². The Kier molecular flexibility index (Phi) is 4.53. The molecule has 0 aliphatic carbocycles. The summed E-state index contributed by atoms with van der Waals surface area (Å²) in [6.07, 6.45) is 2.76. The summed E-state index contributed by atoms with van der Waals surface area (Å²) in [6.45, 7) is 4.05. The van der Waals surface area contributed by atoms with Gasteiger partial charge >= 0.3 is 0 Å². The zero-order chi connectivity index (χ0) is 18.1. The third-order valence-electron chi connectivity index (χ3n) is 5.11. The average molecular weight is 355 g/mol. The topological polar surface area (TPSA) is 62.2 Å². The molecule has 2 aliphatic heterocycles. The van der Waals surface area contributed by atoms with Crippen LogP contribution in [0.5, 0.6) is 0 Å². The molecule has 2 aromatic heterocycles. The summed E-state index contributed by atoms with van der Waals surface area (Å²) < 4.78 is 13.6. The number of piperidine rings is 1. The summed E-state index contributed by atoms with van der Waals surface area (Å²) in [4.78, 5) is 29.7. The standard InChI is InChI=1S/C19H22FN5O/c1-13(26)25-11-7-15-17(12-25)22-18(16-4-2-3-8-21-16)23-19(15)24-9-5-14(20)6-10-24/h2-4,8,14H,5-7,9-12H2,1H3. The number of rotatable bonds is 2. The van der Waals surface area contributed by atoms with Gasteiger partial charge in [-0.2, -0.15) is 0 Å². The van der Waals surface area contributed by atoms with Gasteiger partial charge in [-0.15, -0.1) is 0 Å². The van der Waals surface area contributed by atoms with E-state index in [1.807, 2.05) is 18.2 Å². The molecule has 0 N–H and O–H groups in total. The molecule has 0 radical (unpaired) electrons. The molecule has 0 aromatic carbocycles. The monoisotopic (exact) mass is 355 g/mol. The molecule has 0 saturated carbocycles. The minimum atomic E-state index is -0.729. The van der Waals surface area contributed by atoms with E-state index >= 15 is 0 Å². The number of amides is 1. The molecular weight excluding hydrogens is 333 g/mol. The van der Waals surface area contributed by atoms with E-state index in [0.717, 1.165) is 23.5 Å². The fraction of sp³-hybridized carbons (Fsp3) is 0.474. The van der Waals surface area contributed by atoms with E-state index in [-0.39, 0.29) is 5.91 Å². The van der Waals surface area contributed by atoms with Gasteiger partial charge in [-0.25, -0.2) is 14.4 Å². The molecule has 4 rings (SSSR count). The molecule has 2 aliphatic rings. The van der Waals surface area contributed by atoms with Crippen molar-refractivity contribution in [1.82, 2.24) is 19.9 Å². The second kappa shape index (κ2) is 6.97. The first-order valence-electron chi connectivity index (χ1n) is 9.07. The Morgan fingerprint density at radius 1 is 1.19 bits per heavy atom. The third-order valence-corrected chi connectivity index (χ3v) is 5.11. The highest BCUT2D eigenvalue weighted by Gasteiger charge is 2.28. The largest absolute Gasteiger partial charge is 0.356 e. The highest BCUT2D eigenvalue weighted by atomic mass is 19.1. The number of aromatic nitrogens is 3. The number of hydrogen-bond acceptors (Lipinski definition) is 5. The van der Waals surface area contributed by atoms with Crippen molar-refractivity contribution in [3.63, 3.8) is 0 Å². The van der Waals surface area contributed by atoms with Gasteiger partial charge in [0.05, 0.1) is 12.2 Å². The summed E-state index contributed by atoms with van der Waals surface area (Å²) in [5.74, 6) is 1.49. The predicted molar refractivity (Wildman–Crippen MR) is 96.4 cm³/mol. The molecule has 1 saturated heterocycles. The molecule has 136 valence electrons. The molecular formula is C19H22FN5O. The Bertz CT molecular complexity index is 805. The third kappa shape index (κ3) is 3.25. The van der Waals surface area contributed by atoms with E-state index in [9.17, 15) is 9.18 Å². The smallest absolute Gasteiger partial charge is 0.219 e. The lowest BCUT2D eigenvalue weighted by Crippen LogP contribution is -2.39. The van der Waals surface area contributed by atoms with Crippen LogP contribution in [0.1, 0.15) is 31.0 Å². The maximum Gasteiger partial charge on any atom is 0.219 e. The molecule has 26 heavy (non-hydrogen) atoms. The van der Waals surface area contributed by atoms with Gasteiger partial charge in [0, 0.05) is 38.3 Å². The number of carbonyl (C=O) groups is 1. The van der Waals surface area contributed by atoms with Crippen molar-refractivity contribution < 1.29 is 9.18 Å². The number of carbonyl (C=O) groups excluding carboxylic acids is 1. The average Bonchev–Trinajstić information content (AvgIpc) is 2.68. The number of pyridine rings is 1. The fourth-order valence-corrected chi connectivity index (χ4v) is 3.61. The second-order valence-electron chi connectivity index (χ2n) is 6.86. The van der Waals surface area contributed by atoms with Crippen molar-refractivity contribution in [2.24, 2.45) is 0 Å². The zero-order valence-corrected chi connectivity index (χ0v) is 14.9. The SMILES string of the molecule is CC(=O)N1CCc2c(nc(-c3ccccn3)nc2N2CCC(F)CC2)C1. The van der Waals surface area contributed by atoms with Crippen LogP contribution in [0, 0.1) is 0 Å². The Morgan fingerprint density at radius 3 is 2.69 bits per heavy atom. The molecule has 1 fully saturated rings. The van der Waals surface area contributed by atoms with Crippen LogP contribution in [0.15, 0.2) is 24.4 Å². The Morgan fingerprint density at radius 2 is 2.00 bits per heavy atom. The van der Waals surface area contributed by atoms with Gasteiger partial charge in [-0.05, 0) is 31.4 Å². The molecule has 0 atom stereocenters. The quantitative estimate of drug-likeness (QED) is 0.828. The lowest BCUT2D eigenvalue weighted by atomic mass is 10.0. The van der Waals surface area contributed by atoms with E-state index < -0.39 is 6.17 Å². The van der Waals surface area contributed by atoms with Gasteiger partial charge in [0.25, 0.3) is 0 Å². The molecule has 6 nitrogen and oxygen atoms in total. The van der Waals surface area contributed by atoms with Gasteiger partial charge in [0.2, 0.25) is 5.91 Å². The van der Waals surface area contributed by atoms with Crippen molar-refractivity contribution in [3.05, 3.63) is 35.7 Å². The zero-order valence-electron chi connectivity index (χ0n) is 14.9. The van der Waals surface area contributed by atoms with E-state index in [0.29, 0.717) is 50.5 Å². The molecule has 0 unspecified atom stereocenters. The summed E-state index contributed by atoms with van der Waals surface area (Å²) >= 11 is 0. The van der Waals surface area contributed by atoms with E-state index in [1.54, 1.807) is 18.0 Å². The minimum Gasteiger partial charge on any atom is -0.356 e. The van der Waals surface area contributed by atoms with Gasteiger partial charge in [-0.3, -0.25) is 9.78 Å². The van der Waals surface area contributed by atoms with E-state index in [2.05, 4.69) is 9.88 Å². The van der Waals surface area contributed by atoms with Crippen LogP contribution in [0.4, 0.5) is 10.2 Å². The first-order chi connectivity index (χ1) is 12.6. The lowest BCUT2D eigenvalue weighted by molar-refractivity contribution is -0.129. The molecule has 1 amide bonds. The predicted octanol–water partition coefficient (Wildman–Crippen LogP) is 2.38. The fourth-order valence-electron chi connectivity index (χ4n) is 3.61. The number of halogens is 1. The molecule has 0 bridgehead atoms. The van der Waals surface area contributed by atoms with Crippen molar-refractivity contribution >= 4 is 11.7 Å². The van der Waals surface area contributed by atoms with Crippen molar-refractivity contribution in [2.75, 3.05) is 24.5 Å². The van der Waals surface area contributed by atoms with Gasteiger partial charge in [0.1, 0.15) is 17.7 Å². The number of hydrogen-bond donors (Lipinski definition) is 0. The van der Waals surface area contributed by atoms with Crippen molar-refractivity contribution in [3.8, 4) is 11.5 Å². The van der Waals surface area contributed by atoms with Crippen LogP contribution in [0.25, 0.3) is 11.5 Å². The van der Waals surface area contributed by atoms with Gasteiger partial charge < -0.3 is 9.80 Å². The summed E-state index contributed by atoms with van der Waals surface area (Å²) in [7, 11) is 0. The number of alkyl halides is 1. The van der Waals surface area contributed by atoms with Crippen LogP contribution < -0.4 is 4.90 Å². The van der Waals surface area contributed by atoms with E-state index in [4.69, 9.17) is 9.97 Å². The molecule has 7 heteroatoms. The van der Waals surface area contributed by atoms with Crippen LogP contribution in [-0.2, 0) is 17.8 Å². The maximum absolute atomic E-state index is 13.6. The molecule has 4 heterocycles. The highest BCUT2D eigenvalue weighted by molar-refractivity contribution is 5.74. The maximum atomic E-state index is 13.6. The Hall–Kier alpha value is -2.57. The van der Waals surface area contributed by atoms with Crippen molar-refractivity contribution in [1.29, 1.82) is 0 Å². The summed E-state index contributed by atoms with van der Waals surface area (Å²) in [5, 5.41) is 0. The number of fused-ring (bicyclic) bond motifs is 1. The summed E-state index contributed by atoms with van der Waals surface area (Å²) in [5.41, 5.74) is 2.66. The Labute approximate surface area is 152 Å². The molecule has 0 spiro atoms. The summed E-state index contributed by atoms with van der Waals surface area (Å²) in [6, 6.07) is 5.64. The van der Waals surface area contributed by atoms with Gasteiger partial charge in [0.15, 0.2) is 5.82 Å². The Balaban J connectivity index is 1.77. The van der Waals surface area contributed by atoms with Crippen LogP contribution in [0.2, 0.25) is 0 Å². The first-order valence-corrected chi connectivity index (χ1v) is 9.07.